The fourth-order valence-corrected chi connectivity index (χ4v) is 3.90. The lowest BCUT2D eigenvalue weighted by Crippen LogP contribution is -2.43. The van der Waals surface area contributed by atoms with Gasteiger partial charge in [-0.3, -0.25) is 4.79 Å². The third-order valence-corrected chi connectivity index (χ3v) is 5.22. The Kier molecular flexibility index (Phi) is 4.46. The topological polar surface area (TPSA) is 33.2 Å². The molecule has 3 nitrogen and oxygen atoms in total. The minimum Gasteiger partial charge on any atom is -0.335 e. The highest BCUT2D eigenvalue weighted by molar-refractivity contribution is 6.30. The molecule has 126 valence electrons. The van der Waals surface area contributed by atoms with Crippen LogP contribution in [0.15, 0.2) is 36.4 Å². The Morgan fingerprint density at radius 3 is 2.76 bits per heavy atom. The summed E-state index contributed by atoms with van der Waals surface area (Å²) in [5.41, 5.74) is 3.17. The van der Waals surface area contributed by atoms with Gasteiger partial charge in [0, 0.05) is 29.6 Å². The van der Waals surface area contributed by atoms with Crippen molar-refractivity contribution in [3.05, 3.63) is 63.9 Å². The predicted molar refractivity (Wildman–Crippen MR) is 98.7 cm³/mol. The van der Waals surface area contributed by atoms with Crippen LogP contribution in [0.5, 0.6) is 0 Å². The quantitative estimate of drug-likeness (QED) is 0.726. The molecule has 1 saturated carbocycles. The summed E-state index contributed by atoms with van der Waals surface area (Å²) in [4.78, 5) is 19.4. The first-order chi connectivity index (χ1) is 12.2. The molecule has 0 atom stereocenters. The van der Waals surface area contributed by atoms with Gasteiger partial charge < -0.3 is 4.90 Å². The molecule has 0 radical (unpaired) electrons. The van der Waals surface area contributed by atoms with Crippen LogP contribution in [0.2, 0.25) is 5.02 Å². The molecule has 1 aliphatic heterocycles. The number of pyridine rings is 1. The van der Waals surface area contributed by atoms with Crippen molar-refractivity contribution in [1.29, 1.82) is 0 Å². The number of fused-ring (bicyclic) bond motifs is 1. The van der Waals surface area contributed by atoms with E-state index in [1.54, 1.807) is 0 Å². The lowest BCUT2D eigenvalue weighted by Gasteiger charge is -2.33. The zero-order chi connectivity index (χ0) is 17.2. The number of hydrogen-bond acceptors (Lipinski definition) is 2. The summed E-state index contributed by atoms with van der Waals surface area (Å²) in [5, 5.41) is 0.669. The minimum atomic E-state index is 0.134. The zero-order valence-corrected chi connectivity index (χ0v) is 14.7. The van der Waals surface area contributed by atoms with Crippen LogP contribution < -0.4 is 0 Å². The summed E-state index contributed by atoms with van der Waals surface area (Å²) in [6.07, 6.45) is 5.55. The lowest BCUT2D eigenvalue weighted by molar-refractivity contribution is 0.0661. The average Bonchev–Trinajstić information content (AvgIpc) is 3.15. The number of nitrogens with zero attached hydrogens (tertiary/aromatic N) is 2. The van der Waals surface area contributed by atoms with E-state index in [0.717, 1.165) is 42.6 Å². The van der Waals surface area contributed by atoms with Crippen LogP contribution in [0.25, 0.3) is 0 Å². The molecule has 1 amide bonds. The summed E-state index contributed by atoms with van der Waals surface area (Å²) < 4.78 is 0. The highest BCUT2D eigenvalue weighted by atomic mass is 35.5. The number of hydrogen-bond donors (Lipinski definition) is 0. The molecule has 1 aliphatic carbocycles. The van der Waals surface area contributed by atoms with Gasteiger partial charge in [0.1, 0.15) is 5.69 Å². The van der Waals surface area contributed by atoms with Gasteiger partial charge in [0.25, 0.3) is 5.91 Å². The van der Waals surface area contributed by atoms with Crippen molar-refractivity contribution in [3.63, 3.8) is 0 Å². The number of rotatable bonds is 1. The van der Waals surface area contributed by atoms with Gasteiger partial charge in [0.05, 0.1) is 11.3 Å². The minimum absolute atomic E-state index is 0.134. The van der Waals surface area contributed by atoms with Crippen molar-refractivity contribution >= 4 is 17.5 Å². The van der Waals surface area contributed by atoms with Crippen molar-refractivity contribution in [1.82, 2.24) is 9.88 Å². The van der Waals surface area contributed by atoms with E-state index in [9.17, 15) is 4.79 Å². The van der Waals surface area contributed by atoms with E-state index in [4.69, 9.17) is 11.6 Å². The van der Waals surface area contributed by atoms with E-state index in [-0.39, 0.29) is 5.91 Å². The van der Waals surface area contributed by atoms with Crippen LogP contribution >= 0.6 is 11.6 Å². The number of amides is 1. The fraction of sp³-hybridized carbons (Fsp3) is 0.333. The molecule has 0 bridgehead atoms. The van der Waals surface area contributed by atoms with Crippen molar-refractivity contribution in [3.8, 4) is 11.8 Å². The number of benzene rings is 1. The second-order valence-electron chi connectivity index (χ2n) is 6.64. The summed E-state index contributed by atoms with van der Waals surface area (Å²) in [7, 11) is 0. The molecule has 0 unspecified atom stereocenters. The Labute approximate surface area is 153 Å². The second-order valence-corrected chi connectivity index (χ2v) is 7.07. The molecular weight excluding hydrogens is 332 g/mol. The maximum Gasteiger partial charge on any atom is 0.255 e. The predicted octanol–water partition coefficient (Wildman–Crippen LogP) is 4.08. The summed E-state index contributed by atoms with van der Waals surface area (Å²) in [5.74, 6) is 6.29. The Morgan fingerprint density at radius 1 is 1.12 bits per heavy atom. The van der Waals surface area contributed by atoms with E-state index in [1.165, 1.54) is 12.8 Å². The molecule has 2 aromatic rings. The highest BCUT2D eigenvalue weighted by Gasteiger charge is 2.32. The van der Waals surface area contributed by atoms with Gasteiger partial charge in [-0.1, -0.05) is 36.4 Å². The van der Waals surface area contributed by atoms with Crippen molar-refractivity contribution in [2.45, 2.75) is 38.1 Å². The molecule has 1 aromatic carbocycles. The van der Waals surface area contributed by atoms with Crippen LogP contribution in [0.3, 0.4) is 0 Å². The molecule has 4 heteroatoms. The van der Waals surface area contributed by atoms with Gasteiger partial charge in [-0.15, -0.1) is 0 Å². The van der Waals surface area contributed by atoms with Gasteiger partial charge in [-0.05, 0) is 49.1 Å². The SMILES string of the molecule is O=C1c2ccc(C#Cc3cccc(Cl)c3)nc2CCN1C1CCCC1. The Hall–Kier alpha value is -2.31. The first kappa shape index (κ1) is 16.2. The first-order valence-electron chi connectivity index (χ1n) is 8.79. The molecule has 1 aromatic heterocycles. The van der Waals surface area contributed by atoms with Crippen LogP contribution in [0.1, 0.15) is 53.0 Å². The van der Waals surface area contributed by atoms with Crippen molar-refractivity contribution < 1.29 is 4.79 Å². The third kappa shape index (κ3) is 3.41. The van der Waals surface area contributed by atoms with Gasteiger partial charge in [-0.2, -0.15) is 0 Å². The van der Waals surface area contributed by atoms with E-state index in [2.05, 4.69) is 16.8 Å². The number of carbonyl (C=O) groups excluding carboxylic acids is 1. The maximum atomic E-state index is 12.8. The van der Waals surface area contributed by atoms with E-state index >= 15 is 0 Å². The molecular formula is C21H19ClN2O. The molecule has 4 rings (SSSR count). The Balaban J connectivity index is 1.56. The van der Waals surface area contributed by atoms with E-state index < -0.39 is 0 Å². The maximum absolute atomic E-state index is 12.8. The van der Waals surface area contributed by atoms with Gasteiger partial charge in [0.15, 0.2) is 0 Å². The standard InChI is InChI=1S/C21H19ClN2O/c22-16-5-3-4-15(14-16)8-9-17-10-11-19-20(23-17)12-13-24(21(19)25)18-6-1-2-7-18/h3-5,10-11,14,18H,1-2,6-7,12-13H2. The van der Waals surface area contributed by atoms with Gasteiger partial charge in [-0.25, -0.2) is 4.98 Å². The molecule has 0 N–H and O–H groups in total. The second kappa shape index (κ2) is 6.90. The number of carbonyl (C=O) groups is 1. The molecule has 1 fully saturated rings. The monoisotopic (exact) mass is 350 g/mol. The fourth-order valence-electron chi connectivity index (χ4n) is 3.71. The van der Waals surface area contributed by atoms with Gasteiger partial charge in [0.2, 0.25) is 0 Å². The molecule has 0 spiro atoms. The van der Waals surface area contributed by atoms with Crippen LogP contribution in [0, 0.1) is 11.8 Å². The van der Waals surface area contributed by atoms with Gasteiger partial charge >= 0.3 is 0 Å². The largest absolute Gasteiger partial charge is 0.335 e. The normalized spacial score (nSPS) is 17.2. The smallest absolute Gasteiger partial charge is 0.255 e. The Morgan fingerprint density at radius 2 is 1.96 bits per heavy atom. The average molecular weight is 351 g/mol. The number of halogens is 1. The van der Waals surface area contributed by atoms with Crippen LogP contribution in [-0.4, -0.2) is 28.4 Å². The van der Waals surface area contributed by atoms with Crippen LogP contribution in [0.4, 0.5) is 0 Å². The van der Waals surface area contributed by atoms with Crippen molar-refractivity contribution in [2.75, 3.05) is 6.54 Å². The van der Waals surface area contributed by atoms with E-state index in [1.807, 2.05) is 41.3 Å². The highest BCUT2D eigenvalue weighted by Crippen LogP contribution is 2.28. The molecule has 2 heterocycles. The van der Waals surface area contributed by atoms with E-state index in [0.29, 0.717) is 16.8 Å². The van der Waals surface area contributed by atoms with Crippen LogP contribution in [-0.2, 0) is 6.42 Å². The third-order valence-electron chi connectivity index (χ3n) is 4.98. The zero-order valence-electron chi connectivity index (χ0n) is 14.0. The number of aromatic nitrogens is 1. The molecule has 0 saturated heterocycles. The lowest BCUT2D eigenvalue weighted by atomic mass is 10.0. The summed E-state index contributed by atoms with van der Waals surface area (Å²) in [6, 6.07) is 11.6. The first-order valence-corrected chi connectivity index (χ1v) is 9.17. The molecule has 2 aliphatic rings. The Bertz CT molecular complexity index is 875. The summed E-state index contributed by atoms with van der Waals surface area (Å²) in [6.45, 7) is 0.772. The van der Waals surface area contributed by atoms with Crippen molar-refractivity contribution in [2.24, 2.45) is 0 Å². The molecule has 25 heavy (non-hydrogen) atoms. The summed E-state index contributed by atoms with van der Waals surface area (Å²) >= 11 is 5.98.